The van der Waals surface area contributed by atoms with Gasteiger partial charge in [0.05, 0.1) is 17.7 Å². The van der Waals surface area contributed by atoms with E-state index < -0.39 is 0 Å². The highest BCUT2D eigenvalue weighted by atomic mass is 16.2. The molecule has 3 rings (SSSR count). The molecule has 2 aromatic rings. The third-order valence-corrected chi connectivity index (χ3v) is 3.66. The maximum atomic E-state index is 12.1. The van der Waals surface area contributed by atoms with Gasteiger partial charge in [-0.3, -0.25) is 14.6 Å². The summed E-state index contributed by atoms with van der Waals surface area (Å²) < 4.78 is 0. The average Bonchev–Trinajstić information content (AvgIpc) is 2.50. The van der Waals surface area contributed by atoms with E-state index in [-0.39, 0.29) is 18.4 Å². The van der Waals surface area contributed by atoms with Gasteiger partial charge in [-0.05, 0) is 25.0 Å². The number of fused-ring (bicyclic) bond motifs is 1. The first-order chi connectivity index (χ1) is 10.2. The molecular formula is C16H17N3O2. The normalized spacial score (nSPS) is 15.2. The molecule has 0 aliphatic carbocycles. The second-order valence-electron chi connectivity index (χ2n) is 5.20. The van der Waals surface area contributed by atoms with Crippen LogP contribution in [0, 0.1) is 0 Å². The van der Waals surface area contributed by atoms with Crippen LogP contribution in [0.5, 0.6) is 0 Å². The summed E-state index contributed by atoms with van der Waals surface area (Å²) in [5.41, 5.74) is 1.45. The number of carbonyl (C=O) groups is 2. The van der Waals surface area contributed by atoms with Crippen LogP contribution < -0.4 is 5.32 Å². The van der Waals surface area contributed by atoms with Crippen molar-refractivity contribution in [2.75, 3.05) is 18.4 Å². The molecule has 5 nitrogen and oxygen atoms in total. The highest BCUT2D eigenvalue weighted by molar-refractivity contribution is 6.01. The second kappa shape index (κ2) is 5.91. The molecule has 1 aliphatic heterocycles. The lowest BCUT2D eigenvalue weighted by atomic mass is 10.1. The number of amides is 2. The number of piperidine rings is 1. The number of rotatable bonds is 3. The zero-order chi connectivity index (χ0) is 14.7. The van der Waals surface area contributed by atoms with Crippen LogP contribution in [0.4, 0.5) is 5.69 Å². The molecule has 5 heteroatoms. The Morgan fingerprint density at radius 3 is 2.95 bits per heavy atom. The number of pyridine rings is 1. The Hall–Kier alpha value is -2.43. The van der Waals surface area contributed by atoms with Gasteiger partial charge in [-0.15, -0.1) is 0 Å². The van der Waals surface area contributed by atoms with E-state index in [0.29, 0.717) is 18.7 Å². The molecular weight excluding hydrogens is 266 g/mol. The van der Waals surface area contributed by atoms with Crippen LogP contribution in [0.3, 0.4) is 0 Å². The summed E-state index contributed by atoms with van der Waals surface area (Å²) in [7, 11) is 0. The zero-order valence-electron chi connectivity index (χ0n) is 11.7. The lowest BCUT2D eigenvalue weighted by molar-refractivity contribution is -0.136. The maximum absolute atomic E-state index is 12.1. The molecule has 1 saturated heterocycles. The van der Waals surface area contributed by atoms with Gasteiger partial charge < -0.3 is 10.2 Å². The molecule has 1 aromatic heterocycles. The van der Waals surface area contributed by atoms with Crippen molar-refractivity contribution in [3.8, 4) is 0 Å². The molecule has 0 atom stereocenters. The molecule has 1 aliphatic rings. The maximum Gasteiger partial charge on any atom is 0.244 e. The van der Waals surface area contributed by atoms with E-state index in [2.05, 4.69) is 10.3 Å². The average molecular weight is 283 g/mol. The van der Waals surface area contributed by atoms with Crippen LogP contribution in [0.15, 0.2) is 36.5 Å². The van der Waals surface area contributed by atoms with Crippen LogP contribution >= 0.6 is 0 Å². The van der Waals surface area contributed by atoms with Crippen molar-refractivity contribution >= 4 is 28.4 Å². The van der Waals surface area contributed by atoms with Crippen molar-refractivity contribution in [2.45, 2.75) is 19.3 Å². The van der Waals surface area contributed by atoms with Gasteiger partial charge in [0.1, 0.15) is 0 Å². The third-order valence-electron chi connectivity index (χ3n) is 3.66. The predicted octanol–water partition coefficient (Wildman–Crippen LogP) is 2.19. The van der Waals surface area contributed by atoms with Crippen LogP contribution in [0.25, 0.3) is 10.9 Å². The number of carbonyl (C=O) groups excluding carboxylic acids is 2. The number of nitrogens with zero attached hydrogens (tertiary/aromatic N) is 2. The van der Waals surface area contributed by atoms with Gasteiger partial charge in [0, 0.05) is 24.5 Å². The largest absolute Gasteiger partial charge is 0.333 e. The number of hydrogen-bond acceptors (Lipinski definition) is 3. The van der Waals surface area contributed by atoms with Crippen molar-refractivity contribution in [3.63, 3.8) is 0 Å². The van der Waals surface area contributed by atoms with E-state index in [4.69, 9.17) is 0 Å². The van der Waals surface area contributed by atoms with E-state index in [9.17, 15) is 9.59 Å². The number of hydrogen-bond donors (Lipinski definition) is 1. The monoisotopic (exact) mass is 283 g/mol. The summed E-state index contributed by atoms with van der Waals surface area (Å²) >= 11 is 0. The van der Waals surface area contributed by atoms with Crippen molar-refractivity contribution in [2.24, 2.45) is 0 Å². The Bertz CT molecular complexity index is 679. The smallest absolute Gasteiger partial charge is 0.244 e. The zero-order valence-corrected chi connectivity index (χ0v) is 11.7. The molecule has 2 amide bonds. The van der Waals surface area contributed by atoms with Gasteiger partial charge in [0.25, 0.3) is 0 Å². The number of nitrogens with one attached hydrogen (secondary N) is 1. The quantitative estimate of drug-likeness (QED) is 0.939. The molecule has 2 heterocycles. The highest BCUT2D eigenvalue weighted by Crippen LogP contribution is 2.20. The first-order valence-corrected chi connectivity index (χ1v) is 7.15. The highest BCUT2D eigenvalue weighted by Gasteiger charge is 2.20. The Balaban J connectivity index is 1.73. The summed E-state index contributed by atoms with van der Waals surface area (Å²) in [4.78, 5) is 29.8. The fraction of sp³-hybridized carbons (Fsp3) is 0.312. The van der Waals surface area contributed by atoms with E-state index in [1.54, 1.807) is 11.1 Å². The third kappa shape index (κ3) is 3.02. The lowest BCUT2D eigenvalue weighted by Crippen LogP contribution is -2.40. The minimum absolute atomic E-state index is 0.0624. The van der Waals surface area contributed by atoms with Crippen LogP contribution in [-0.2, 0) is 9.59 Å². The number of anilines is 1. The van der Waals surface area contributed by atoms with Gasteiger partial charge in [-0.2, -0.15) is 0 Å². The molecule has 0 unspecified atom stereocenters. The first-order valence-electron chi connectivity index (χ1n) is 7.15. The summed E-state index contributed by atoms with van der Waals surface area (Å²) in [6, 6.07) is 9.47. The van der Waals surface area contributed by atoms with Crippen LogP contribution in [0.1, 0.15) is 19.3 Å². The minimum atomic E-state index is -0.177. The molecule has 108 valence electrons. The Morgan fingerprint density at radius 1 is 1.24 bits per heavy atom. The molecule has 21 heavy (non-hydrogen) atoms. The first kappa shape index (κ1) is 13.5. The number of aromatic nitrogens is 1. The fourth-order valence-electron chi connectivity index (χ4n) is 2.60. The van der Waals surface area contributed by atoms with Crippen LogP contribution in [-0.4, -0.2) is 34.8 Å². The van der Waals surface area contributed by atoms with E-state index in [1.807, 2.05) is 30.3 Å². The van der Waals surface area contributed by atoms with Gasteiger partial charge in [0.2, 0.25) is 11.8 Å². The van der Waals surface area contributed by atoms with Gasteiger partial charge in [0.15, 0.2) is 0 Å². The van der Waals surface area contributed by atoms with Crippen molar-refractivity contribution in [1.29, 1.82) is 0 Å². The summed E-state index contributed by atoms with van der Waals surface area (Å²) in [5, 5.41) is 3.83. The van der Waals surface area contributed by atoms with Gasteiger partial charge >= 0.3 is 0 Å². The van der Waals surface area contributed by atoms with Crippen LogP contribution in [0.2, 0.25) is 0 Å². The molecule has 0 bridgehead atoms. The molecule has 0 radical (unpaired) electrons. The standard InChI is InChI=1S/C16H17N3O2/c20-14(11-19-10-2-1-8-15(19)21)18-13-7-3-5-12-6-4-9-17-16(12)13/h3-7,9H,1-2,8,10-11H2,(H,18,20). The SMILES string of the molecule is O=C(CN1CCCCC1=O)Nc1cccc2cccnc12. The molecule has 0 spiro atoms. The van der Waals surface area contributed by atoms with Crippen molar-refractivity contribution in [3.05, 3.63) is 36.5 Å². The van der Waals surface area contributed by atoms with Gasteiger partial charge in [-0.25, -0.2) is 0 Å². The second-order valence-corrected chi connectivity index (χ2v) is 5.20. The van der Waals surface area contributed by atoms with Crippen molar-refractivity contribution in [1.82, 2.24) is 9.88 Å². The number of para-hydroxylation sites is 1. The minimum Gasteiger partial charge on any atom is -0.333 e. The van der Waals surface area contributed by atoms with E-state index in [1.165, 1.54) is 0 Å². The Morgan fingerprint density at radius 2 is 2.10 bits per heavy atom. The predicted molar refractivity (Wildman–Crippen MR) is 80.8 cm³/mol. The lowest BCUT2D eigenvalue weighted by Gasteiger charge is -2.26. The van der Waals surface area contributed by atoms with E-state index in [0.717, 1.165) is 23.7 Å². The Kier molecular flexibility index (Phi) is 3.81. The Labute approximate surface area is 123 Å². The summed E-state index contributed by atoms with van der Waals surface area (Å²) in [5.74, 6) is -0.115. The molecule has 1 fully saturated rings. The summed E-state index contributed by atoms with van der Waals surface area (Å²) in [6.45, 7) is 0.780. The summed E-state index contributed by atoms with van der Waals surface area (Å²) in [6.07, 6.45) is 4.13. The molecule has 1 aromatic carbocycles. The molecule has 1 N–H and O–H groups in total. The fourth-order valence-corrected chi connectivity index (χ4v) is 2.60. The van der Waals surface area contributed by atoms with E-state index >= 15 is 0 Å². The number of likely N-dealkylation sites (tertiary alicyclic amines) is 1. The topological polar surface area (TPSA) is 62.3 Å². The molecule has 0 saturated carbocycles. The number of benzene rings is 1. The van der Waals surface area contributed by atoms with Crippen molar-refractivity contribution < 1.29 is 9.59 Å². The van der Waals surface area contributed by atoms with Gasteiger partial charge in [-0.1, -0.05) is 18.2 Å².